The van der Waals surface area contributed by atoms with Crippen molar-refractivity contribution in [1.82, 2.24) is 0 Å². The summed E-state index contributed by atoms with van der Waals surface area (Å²) in [6, 6.07) is 0. The van der Waals surface area contributed by atoms with Gasteiger partial charge >= 0.3 is 39.5 Å². The number of hydrogen-bond donors (Lipinski definition) is 3. The fourth-order valence-electron chi connectivity index (χ4n) is 14.1. The van der Waals surface area contributed by atoms with Gasteiger partial charge in [0.1, 0.15) is 19.3 Å². The lowest BCUT2D eigenvalue weighted by atomic mass is 10.0. The maximum atomic E-state index is 13.2. The highest BCUT2D eigenvalue weighted by Crippen LogP contribution is 2.45. The Balaban J connectivity index is 5.19. The summed E-state index contributed by atoms with van der Waals surface area (Å²) in [4.78, 5) is 73.3. The van der Waals surface area contributed by atoms with Crippen molar-refractivity contribution in [3.63, 3.8) is 0 Å². The number of rotatable bonds is 89. The highest BCUT2D eigenvalue weighted by molar-refractivity contribution is 7.47. The molecule has 0 amide bonds. The van der Waals surface area contributed by atoms with E-state index < -0.39 is 97.5 Å². The van der Waals surface area contributed by atoms with Gasteiger partial charge in [-0.3, -0.25) is 37.3 Å². The maximum Gasteiger partial charge on any atom is 0.472 e. The number of aliphatic hydroxyl groups excluding tert-OH is 1. The molecule has 0 aliphatic heterocycles. The van der Waals surface area contributed by atoms with E-state index in [0.717, 1.165) is 102 Å². The Hall–Kier alpha value is -1.94. The molecule has 5 atom stereocenters. The molecule has 0 aliphatic rings. The van der Waals surface area contributed by atoms with E-state index in [2.05, 4.69) is 41.5 Å². The topological polar surface area (TPSA) is 237 Å². The molecule has 0 aliphatic carbocycles. The van der Waals surface area contributed by atoms with Crippen LogP contribution in [0.1, 0.15) is 485 Å². The molecule has 0 radical (unpaired) electrons. The Bertz CT molecular complexity index is 2080. The molecule has 0 bridgehead atoms. The zero-order valence-electron chi connectivity index (χ0n) is 71.9. The van der Waals surface area contributed by atoms with E-state index in [1.165, 1.54) is 295 Å². The lowest BCUT2D eigenvalue weighted by Crippen LogP contribution is -2.30. The van der Waals surface area contributed by atoms with Crippen molar-refractivity contribution in [3.05, 3.63) is 0 Å². The van der Waals surface area contributed by atoms with E-state index in [9.17, 15) is 43.2 Å². The van der Waals surface area contributed by atoms with Crippen LogP contribution in [0.25, 0.3) is 0 Å². The van der Waals surface area contributed by atoms with Gasteiger partial charge in [0.25, 0.3) is 0 Å². The van der Waals surface area contributed by atoms with Crippen molar-refractivity contribution in [2.75, 3.05) is 39.6 Å². The Morgan fingerprint density at radius 1 is 0.248 bits per heavy atom. The second-order valence-corrected chi connectivity index (χ2v) is 36.2. The molecular weight excluding hydrogens is 1410 g/mol. The second-order valence-electron chi connectivity index (χ2n) is 33.3. The number of aliphatic hydroxyl groups is 1. The van der Waals surface area contributed by atoms with Gasteiger partial charge < -0.3 is 33.8 Å². The predicted molar refractivity (Wildman–Crippen MR) is 451 cm³/mol. The number of unbranched alkanes of at least 4 members (excludes halogenated alkanes) is 59. The first-order valence-corrected chi connectivity index (χ1v) is 49.5. The number of carbonyl (C=O) groups excluding carboxylic acids is 4. The zero-order chi connectivity index (χ0) is 79.9. The highest BCUT2D eigenvalue weighted by Gasteiger charge is 2.31. The van der Waals surface area contributed by atoms with Crippen LogP contribution >= 0.6 is 15.6 Å². The van der Waals surface area contributed by atoms with Crippen molar-refractivity contribution >= 4 is 39.5 Å². The average molecular weight is 1590 g/mol. The largest absolute Gasteiger partial charge is 0.472 e. The summed E-state index contributed by atoms with van der Waals surface area (Å²) in [6.07, 6.45) is 75.4. The lowest BCUT2D eigenvalue weighted by Gasteiger charge is -2.21. The van der Waals surface area contributed by atoms with Crippen molar-refractivity contribution in [2.45, 2.75) is 503 Å². The Morgan fingerprint density at radius 3 is 0.624 bits per heavy atom. The summed E-state index contributed by atoms with van der Waals surface area (Å²) in [5.41, 5.74) is 0. The SMILES string of the molecule is CCCCCCCCCCCCCCCCCCCCCCCC(=O)OC[C@H](COP(=O)(O)OC[C@@H](O)COP(=O)(O)OC[C@@H](COC(=O)CCCCCCCCC(C)C)OC(=O)CCCCCCCCCCCCCCCCCCCC)OC(=O)CCCCCCCCCCCCCCCCCCCCC(C)C. The van der Waals surface area contributed by atoms with Crippen LogP contribution in [0.5, 0.6) is 0 Å². The smallest absolute Gasteiger partial charge is 0.462 e. The van der Waals surface area contributed by atoms with Gasteiger partial charge in [-0.2, -0.15) is 0 Å². The van der Waals surface area contributed by atoms with Gasteiger partial charge in [0.15, 0.2) is 12.2 Å². The summed E-state index contributed by atoms with van der Waals surface area (Å²) in [6.45, 7) is 9.65. The number of phosphoric acid groups is 2. The predicted octanol–water partition coefficient (Wildman–Crippen LogP) is 27.8. The number of phosphoric ester groups is 2. The molecule has 0 heterocycles. The number of ether oxygens (including phenoxy) is 4. The normalized spacial score (nSPS) is 13.8. The Kier molecular flexibility index (Phi) is 79.8. The standard InChI is InChI=1S/C90H176O17P2/c1-7-9-11-13-15-17-19-21-23-25-27-28-29-34-37-41-45-49-53-60-66-72-87(92)100-78-85(106-89(94)74-68-63-55-51-47-43-39-35-31-30-32-36-40-44-48-52-58-64-70-82(3)4)80-104-108(96,97)102-76-84(91)77-103-109(98,99)105-81-86(79-101-88(93)73-67-61-57-56-59-65-71-83(5)6)107-90(95)75-69-62-54-50-46-42-38-33-26-24-22-20-18-16-14-12-10-8-2/h82-86,91H,7-81H2,1-6H3,(H,96,97)(H,98,99)/t84-,85-,86-/m1/s1. The molecule has 2 unspecified atom stereocenters. The molecule has 0 spiro atoms. The first kappa shape index (κ1) is 107. The fourth-order valence-corrected chi connectivity index (χ4v) is 15.7. The quantitative estimate of drug-likeness (QED) is 0.0222. The summed E-state index contributed by atoms with van der Waals surface area (Å²) >= 11 is 0. The molecule has 0 rings (SSSR count). The van der Waals surface area contributed by atoms with E-state index in [4.69, 9.17) is 37.0 Å². The first-order valence-electron chi connectivity index (χ1n) is 46.5. The van der Waals surface area contributed by atoms with Crippen LogP contribution in [0.4, 0.5) is 0 Å². The van der Waals surface area contributed by atoms with E-state index in [1.54, 1.807) is 0 Å². The molecule has 17 nitrogen and oxygen atoms in total. The van der Waals surface area contributed by atoms with Crippen molar-refractivity contribution in [1.29, 1.82) is 0 Å². The van der Waals surface area contributed by atoms with Crippen LogP contribution < -0.4 is 0 Å². The van der Waals surface area contributed by atoms with Gasteiger partial charge in [-0.15, -0.1) is 0 Å². The third kappa shape index (κ3) is 83.8. The highest BCUT2D eigenvalue weighted by atomic mass is 31.2. The molecule has 109 heavy (non-hydrogen) atoms. The molecule has 0 aromatic carbocycles. The van der Waals surface area contributed by atoms with Gasteiger partial charge in [-0.05, 0) is 37.5 Å². The molecule has 0 aromatic rings. The minimum absolute atomic E-state index is 0.108. The van der Waals surface area contributed by atoms with Gasteiger partial charge in [-0.1, -0.05) is 433 Å². The summed E-state index contributed by atoms with van der Waals surface area (Å²) in [5.74, 6) is -0.601. The average Bonchev–Trinajstić information content (AvgIpc) is 0.899. The monoisotopic (exact) mass is 1590 g/mol. The number of esters is 4. The summed E-state index contributed by atoms with van der Waals surface area (Å²) in [7, 11) is -9.93. The van der Waals surface area contributed by atoms with Gasteiger partial charge in [0, 0.05) is 25.7 Å². The first-order chi connectivity index (χ1) is 52.9. The van der Waals surface area contributed by atoms with Crippen molar-refractivity contribution in [3.8, 4) is 0 Å². The third-order valence-corrected chi connectivity index (χ3v) is 23.1. The molecule has 648 valence electrons. The van der Waals surface area contributed by atoms with Crippen LogP contribution in [-0.4, -0.2) is 96.7 Å². The van der Waals surface area contributed by atoms with E-state index in [1.807, 2.05) is 0 Å². The number of carbonyl (C=O) groups is 4. The number of hydrogen-bond acceptors (Lipinski definition) is 15. The van der Waals surface area contributed by atoms with Gasteiger partial charge in [0.05, 0.1) is 26.4 Å². The second kappa shape index (κ2) is 81.2. The Morgan fingerprint density at radius 2 is 0.422 bits per heavy atom. The lowest BCUT2D eigenvalue weighted by molar-refractivity contribution is -0.161. The van der Waals surface area contributed by atoms with Crippen LogP contribution in [0, 0.1) is 11.8 Å². The molecule has 0 fully saturated rings. The minimum atomic E-state index is -4.97. The summed E-state index contributed by atoms with van der Waals surface area (Å²) in [5, 5.41) is 10.7. The minimum Gasteiger partial charge on any atom is -0.462 e. The molecular formula is C90H176O17P2. The molecule has 0 saturated carbocycles. The molecule has 0 aromatic heterocycles. The van der Waals surface area contributed by atoms with Crippen LogP contribution in [0.3, 0.4) is 0 Å². The Labute approximate surface area is 670 Å². The van der Waals surface area contributed by atoms with Crippen LogP contribution in [0.15, 0.2) is 0 Å². The van der Waals surface area contributed by atoms with E-state index in [-0.39, 0.29) is 25.7 Å². The van der Waals surface area contributed by atoms with Crippen LogP contribution in [0.2, 0.25) is 0 Å². The van der Waals surface area contributed by atoms with E-state index >= 15 is 0 Å². The van der Waals surface area contributed by atoms with Crippen molar-refractivity contribution < 1.29 is 80.2 Å². The van der Waals surface area contributed by atoms with Gasteiger partial charge in [-0.25, -0.2) is 9.13 Å². The fraction of sp³-hybridized carbons (Fsp3) is 0.956. The third-order valence-electron chi connectivity index (χ3n) is 21.2. The van der Waals surface area contributed by atoms with E-state index in [0.29, 0.717) is 31.6 Å². The van der Waals surface area contributed by atoms with Crippen LogP contribution in [-0.2, 0) is 65.4 Å². The molecule has 0 saturated heterocycles. The molecule has 19 heteroatoms. The maximum absolute atomic E-state index is 13.2. The zero-order valence-corrected chi connectivity index (χ0v) is 73.7. The van der Waals surface area contributed by atoms with Crippen molar-refractivity contribution in [2.24, 2.45) is 11.8 Å². The summed E-state index contributed by atoms with van der Waals surface area (Å²) < 4.78 is 69.0. The van der Waals surface area contributed by atoms with Gasteiger partial charge in [0.2, 0.25) is 0 Å². The molecule has 3 N–H and O–H groups in total.